The Bertz CT molecular complexity index is 454. The van der Waals surface area contributed by atoms with Gasteiger partial charge in [-0.2, -0.15) is 8.42 Å². The molecule has 0 atom stereocenters. The summed E-state index contributed by atoms with van der Waals surface area (Å²) in [5.41, 5.74) is -0.454. The van der Waals surface area contributed by atoms with E-state index in [1.54, 1.807) is 0 Å². The molecular formula is C7H5NaO6S. The first-order valence-electron chi connectivity index (χ1n) is 3.37. The van der Waals surface area contributed by atoms with Crippen molar-refractivity contribution in [1.82, 2.24) is 0 Å². The Labute approximate surface area is 108 Å². The maximum Gasteiger partial charge on any atom is 1.00 e. The van der Waals surface area contributed by atoms with Crippen LogP contribution in [0.15, 0.2) is 24.3 Å². The van der Waals surface area contributed by atoms with Crippen LogP contribution < -0.4 is 38.8 Å². The zero-order chi connectivity index (χ0) is 10.8. The monoisotopic (exact) mass is 240 g/mol. The fraction of sp³-hybridized carbons (Fsp3) is 0. The number of benzene rings is 1. The summed E-state index contributed by atoms with van der Waals surface area (Å²) in [4.78, 5) is 10.4. The molecule has 0 unspecified atom stereocenters. The average Bonchev–Trinajstić information content (AvgIpc) is 2.01. The van der Waals surface area contributed by atoms with Gasteiger partial charge in [-0.05, 0) is 12.1 Å². The van der Waals surface area contributed by atoms with Gasteiger partial charge in [-0.3, -0.25) is 4.55 Å². The van der Waals surface area contributed by atoms with Crippen LogP contribution in [0, 0.1) is 0 Å². The number of carbonyl (C=O) groups excluding carboxylic acids is 1. The number of carbonyl (C=O) groups is 1. The third kappa shape index (κ3) is 4.63. The van der Waals surface area contributed by atoms with Crippen LogP contribution in [-0.2, 0) is 10.4 Å². The second-order valence-electron chi connectivity index (χ2n) is 2.29. The molecule has 0 fully saturated rings. The summed E-state index contributed by atoms with van der Waals surface area (Å²) in [5, 5.41) is 10.4. The molecule has 0 aliphatic carbocycles. The van der Waals surface area contributed by atoms with E-state index in [0.717, 1.165) is 12.1 Å². The van der Waals surface area contributed by atoms with E-state index in [9.17, 15) is 18.3 Å². The molecule has 1 aromatic carbocycles. The minimum atomic E-state index is -4.72. The van der Waals surface area contributed by atoms with Crippen LogP contribution in [0.3, 0.4) is 0 Å². The minimum Gasteiger partial charge on any atom is -0.545 e. The molecule has 8 heteroatoms. The van der Waals surface area contributed by atoms with Crippen molar-refractivity contribution in [2.75, 3.05) is 0 Å². The second kappa shape index (κ2) is 5.47. The Morgan fingerprint density at radius 1 is 1.33 bits per heavy atom. The zero-order valence-corrected chi connectivity index (χ0v) is 10.5. The number of carboxylic acids is 1. The van der Waals surface area contributed by atoms with Crippen molar-refractivity contribution in [3.8, 4) is 5.75 Å². The molecule has 0 saturated heterocycles. The van der Waals surface area contributed by atoms with Crippen molar-refractivity contribution in [2.45, 2.75) is 0 Å². The van der Waals surface area contributed by atoms with Crippen molar-refractivity contribution in [3.63, 3.8) is 0 Å². The van der Waals surface area contributed by atoms with Crippen molar-refractivity contribution in [3.05, 3.63) is 29.8 Å². The van der Waals surface area contributed by atoms with Gasteiger partial charge in [-0.15, -0.1) is 0 Å². The van der Waals surface area contributed by atoms with Crippen molar-refractivity contribution >= 4 is 16.4 Å². The van der Waals surface area contributed by atoms with Crippen molar-refractivity contribution in [1.29, 1.82) is 0 Å². The summed E-state index contributed by atoms with van der Waals surface area (Å²) in [6.07, 6.45) is 0. The average molecular weight is 240 g/mol. The third-order valence-corrected chi connectivity index (χ3v) is 1.69. The van der Waals surface area contributed by atoms with Gasteiger partial charge >= 0.3 is 40.0 Å². The van der Waals surface area contributed by atoms with Gasteiger partial charge < -0.3 is 14.1 Å². The number of hydrogen-bond acceptors (Lipinski definition) is 5. The van der Waals surface area contributed by atoms with E-state index in [1.165, 1.54) is 12.1 Å². The molecule has 0 heterocycles. The molecule has 1 rings (SSSR count). The van der Waals surface area contributed by atoms with Gasteiger partial charge in [0.25, 0.3) is 0 Å². The molecule has 0 saturated carbocycles. The van der Waals surface area contributed by atoms with Gasteiger partial charge in [0, 0.05) is 5.56 Å². The fourth-order valence-electron chi connectivity index (χ4n) is 0.821. The van der Waals surface area contributed by atoms with Crippen molar-refractivity contribution in [2.24, 2.45) is 0 Å². The minimum absolute atomic E-state index is 0. The molecule has 1 N–H and O–H groups in total. The molecule has 0 bridgehead atoms. The molecule has 76 valence electrons. The van der Waals surface area contributed by atoms with Crippen molar-refractivity contribution < 1.29 is 56.6 Å². The third-order valence-electron chi connectivity index (χ3n) is 1.30. The van der Waals surface area contributed by atoms with E-state index in [0.29, 0.717) is 0 Å². The molecule has 0 aliphatic rings. The van der Waals surface area contributed by atoms with E-state index < -0.39 is 27.7 Å². The van der Waals surface area contributed by atoms with Gasteiger partial charge in [0.05, 0.1) is 5.97 Å². The molecule has 0 radical (unpaired) electrons. The van der Waals surface area contributed by atoms with Crippen LogP contribution in [0.4, 0.5) is 0 Å². The van der Waals surface area contributed by atoms with E-state index in [4.69, 9.17) is 4.55 Å². The van der Waals surface area contributed by atoms with E-state index in [2.05, 4.69) is 4.18 Å². The summed E-state index contributed by atoms with van der Waals surface area (Å²) < 4.78 is 32.9. The maximum absolute atomic E-state index is 10.4. The van der Waals surface area contributed by atoms with Gasteiger partial charge in [-0.25, -0.2) is 0 Å². The number of hydrogen-bond donors (Lipinski definition) is 1. The predicted octanol–water partition coefficient (Wildman–Crippen LogP) is -3.76. The Balaban J connectivity index is 0.00000196. The standard InChI is InChI=1S/C7H6O6S.Na/c8-7(9)5-3-1-2-4-6(5)13-14(10,11)12;/h1-4H,(H,8,9)(H,10,11,12);/q;+1/p-1. The Hall–Kier alpha value is -0.600. The van der Waals surface area contributed by atoms with Gasteiger partial charge in [-0.1, -0.05) is 12.1 Å². The first-order chi connectivity index (χ1) is 6.40. The Kier molecular flexibility index (Phi) is 5.26. The molecule has 0 aliphatic heterocycles. The number of carboxylic acid groups (broad SMARTS) is 1. The summed E-state index contributed by atoms with van der Waals surface area (Å²) in [6.45, 7) is 0. The summed E-state index contributed by atoms with van der Waals surface area (Å²) in [6, 6.07) is 4.89. The largest absolute Gasteiger partial charge is 1.00 e. The molecule has 0 amide bonds. The van der Waals surface area contributed by atoms with E-state index >= 15 is 0 Å². The summed E-state index contributed by atoms with van der Waals surface area (Å²) in [5.74, 6) is -2.08. The Morgan fingerprint density at radius 3 is 2.33 bits per heavy atom. The number of para-hydroxylation sites is 1. The first-order valence-corrected chi connectivity index (χ1v) is 4.74. The van der Waals surface area contributed by atoms with Crippen LogP contribution in [0.2, 0.25) is 0 Å². The second-order valence-corrected chi connectivity index (χ2v) is 3.32. The van der Waals surface area contributed by atoms with Crippen LogP contribution in [0.5, 0.6) is 5.75 Å². The van der Waals surface area contributed by atoms with Crippen LogP contribution >= 0.6 is 0 Å². The zero-order valence-electron chi connectivity index (χ0n) is 7.71. The van der Waals surface area contributed by atoms with E-state index in [-0.39, 0.29) is 29.6 Å². The topological polar surface area (TPSA) is 104 Å². The molecule has 1 aromatic rings. The quantitative estimate of drug-likeness (QED) is 0.430. The Morgan fingerprint density at radius 2 is 1.87 bits per heavy atom. The van der Waals surface area contributed by atoms with Crippen LogP contribution in [0.1, 0.15) is 10.4 Å². The van der Waals surface area contributed by atoms with Gasteiger partial charge in [0.1, 0.15) is 0 Å². The molecule has 6 nitrogen and oxygen atoms in total. The molecular weight excluding hydrogens is 235 g/mol. The molecule has 0 aromatic heterocycles. The normalized spacial score (nSPS) is 10.2. The molecule has 15 heavy (non-hydrogen) atoms. The first kappa shape index (κ1) is 14.4. The van der Waals surface area contributed by atoms with Gasteiger partial charge in [0.2, 0.25) is 0 Å². The maximum atomic E-state index is 10.4. The fourth-order valence-corrected chi connectivity index (χ4v) is 1.19. The van der Waals surface area contributed by atoms with E-state index in [1.807, 2.05) is 0 Å². The van der Waals surface area contributed by atoms with Crippen LogP contribution in [-0.4, -0.2) is 18.9 Å². The summed E-state index contributed by atoms with van der Waals surface area (Å²) >= 11 is 0. The summed E-state index contributed by atoms with van der Waals surface area (Å²) in [7, 11) is -4.72. The SMILES string of the molecule is O=C([O-])c1ccccc1OS(=O)(=O)O.[Na+]. The number of aromatic carboxylic acids is 1. The number of rotatable bonds is 3. The molecule has 0 spiro atoms. The predicted molar refractivity (Wildman–Crippen MR) is 42.9 cm³/mol. The van der Waals surface area contributed by atoms with Gasteiger partial charge in [0.15, 0.2) is 5.75 Å². The van der Waals surface area contributed by atoms with Crippen LogP contribution in [0.25, 0.3) is 0 Å². The smallest absolute Gasteiger partial charge is 0.545 e.